The summed E-state index contributed by atoms with van der Waals surface area (Å²) in [6.45, 7) is 4.32. The van der Waals surface area contributed by atoms with E-state index in [1.807, 2.05) is 18.2 Å². The molecule has 116 valence electrons. The summed E-state index contributed by atoms with van der Waals surface area (Å²) < 4.78 is 0. The first kappa shape index (κ1) is 16.5. The molecular formula is C17H21N3OS. The molecule has 0 radical (unpaired) electrons. The molecule has 1 heterocycles. The lowest BCUT2D eigenvalue weighted by molar-refractivity contribution is -0.119. The third-order valence-corrected chi connectivity index (χ3v) is 3.99. The van der Waals surface area contributed by atoms with Crippen LogP contribution in [-0.2, 0) is 4.79 Å². The smallest absolute Gasteiger partial charge is 0.230 e. The molecule has 22 heavy (non-hydrogen) atoms. The van der Waals surface area contributed by atoms with Crippen molar-refractivity contribution in [3.05, 3.63) is 54.4 Å². The van der Waals surface area contributed by atoms with Gasteiger partial charge in [-0.15, -0.1) is 0 Å². The van der Waals surface area contributed by atoms with Crippen LogP contribution in [-0.4, -0.2) is 21.6 Å². The summed E-state index contributed by atoms with van der Waals surface area (Å²) in [5.74, 6) is 0.841. The number of carbonyl (C=O) groups is 1. The van der Waals surface area contributed by atoms with Gasteiger partial charge in [0.25, 0.3) is 0 Å². The fourth-order valence-corrected chi connectivity index (χ4v) is 2.78. The average Bonchev–Trinajstić information content (AvgIpc) is 2.54. The van der Waals surface area contributed by atoms with Crippen LogP contribution in [0.25, 0.3) is 0 Å². The van der Waals surface area contributed by atoms with Crippen molar-refractivity contribution >= 4 is 17.7 Å². The largest absolute Gasteiger partial charge is 0.349 e. The average molecular weight is 315 g/mol. The molecule has 0 unspecified atom stereocenters. The van der Waals surface area contributed by atoms with E-state index in [1.165, 1.54) is 11.8 Å². The summed E-state index contributed by atoms with van der Waals surface area (Å²) in [7, 11) is 0. The zero-order valence-corrected chi connectivity index (χ0v) is 13.7. The van der Waals surface area contributed by atoms with Gasteiger partial charge in [0.05, 0.1) is 11.8 Å². The second-order valence-electron chi connectivity index (χ2n) is 5.48. The van der Waals surface area contributed by atoms with Gasteiger partial charge in [0.1, 0.15) is 0 Å². The number of hydrogen-bond acceptors (Lipinski definition) is 4. The Kier molecular flexibility index (Phi) is 6.40. The normalized spacial score (nSPS) is 12.1. The van der Waals surface area contributed by atoms with Gasteiger partial charge in [-0.05, 0) is 24.0 Å². The van der Waals surface area contributed by atoms with E-state index in [0.29, 0.717) is 16.8 Å². The number of thioether (sulfide) groups is 1. The Morgan fingerprint density at radius 3 is 2.45 bits per heavy atom. The highest BCUT2D eigenvalue weighted by molar-refractivity contribution is 7.99. The standard InChI is InChI=1S/C17H21N3OS/c1-13(2)11-15(14-7-4-3-5-8-14)20-16(21)12-22-17-18-9-6-10-19-17/h3-10,13,15H,11-12H2,1-2H3,(H,20,21)/t15-/m1/s1. The molecule has 0 spiro atoms. The fourth-order valence-electron chi connectivity index (χ4n) is 2.16. The lowest BCUT2D eigenvalue weighted by Gasteiger charge is -2.21. The minimum absolute atomic E-state index is 0.00644. The Morgan fingerprint density at radius 2 is 1.82 bits per heavy atom. The van der Waals surface area contributed by atoms with E-state index in [1.54, 1.807) is 18.5 Å². The molecule has 0 saturated heterocycles. The van der Waals surface area contributed by atoms with Crippen LogP contribution in [0.1, 0.15) is 31.9 Å². The highest BCUT2D eigenvalue weighted by Gasteiger charge is 2.16. The Balaban J connectivity index is 1.93. The molecule has 2 rings (SSSR count). The predicted octanol–water partition coefficient (Wildman–Crippen LogP) is 3.47. The topological polar surface area (TPSA) is 54.9 Å². The van der Waals surface area contributed by atoms with Crippen molar-refractivity contribution in [3.8, 4) is 0 Å². The summed E-state index contributed by atoms with van der Waals surface area (Å²) in [5, 5.41) is 3.74. The number of benzene rings is 1. The van der Waals surface area contributed by atoms with E-state index >= 15 is 0 Å². The van der Waals surface area contributed by atoms with Crippen LogP contribution in [0, 0.1) is 5.92 Å². The van der Waals surface area contributed by atoms with Crippen molar-refractivity contribution in [2.24, 2.45) is 5.92 Å². The van der Waals surface area contributed by atoms with E-state index in [2.05, 4.69) is 41.3 Å². The van der Waals surface area contributed by atoms with E-state index in [4.69, 9.17) is 0 Å². The van der Waals surface area contributed by atoms with Gasteiger partial charge in [-0.1, -0.05) is 55.9 Å². The summed E-state index contributed by atoms with van der Waals surface area (Å²) in [6, 6.07) is 11.9. The van der Waals surface area contributed by atoms with Gasteiger partial charge in [0.2, 0.25) is 5.91 Å². The van der Waals surface area contributed by atoms with E-state index in [-0.39, 0.29) is 11.9 Å². The van der Waals surface area contributed by atoms with Crippen LogP contribution in [0.4, 0.5) is 0 Å². The first-order valence-corrected chi connectivity index (χ1v) is 8.38. The summed E-state index contributed by atoms with van der Waals surface area (Å²) in [4.78, 5) is 20.4. The molecule has 0 bridgehead atoms. The van der Waals surface area contributed by atoms with Crippen molar-refractivity contribution in [2.75, 3.05) is 5.75 Å². The van der Waals surface area contributed by atoms with Gasteiger partial charge >= 0.3 is 0 Å². The molecule has 2 aromatic rings. The Labute approximate surface area is 135 Å². The first-order valence-electron chi connectivity index (χ1n) is 7.39. The number of nitrogens with one attached hydrogen (secondary N) is 1. The second kappa shape index (κ2) is 8.54. The van der Waals surface area contributed by atoms with Crippen LogP contribution in [0.2, 0.25) is 0 Å². The fraction of sp³-hybridized carbons (Fsp3) is 0.353. The monoisotopic (exact) mass is 315 g/mol. The lowest BCUT2D eigenvalue weighted by Crippen LogP contribution is -2.30. The highest BCUT2D eigenvalue weighted by atomic mass is 32.2. The zero-order chi connectivity index (χ0) is 15.8. The lowest BCUT2D eigenvalue weighted by atomic mass is 9.97. The molecule has 1 atom stereocenters. The van der Waals surface area contributed by atoms with Crippen molar-refractivity contribution < 1.29 is 4.79 Å². The Bertz CT molecular complexity index is 575. The van der Waals surface area contributed by atoms with Gasteiger partial charge < -0.3 is 5.32 Å². The van der Waals surface area contributed by atoms with Gasteiger partial charge in [-0.2, -0.15) is 0 Å². The maximum Gasteiger partial charge on any atom is 0.230 e. The van der Waals surface area contributed by atoms with Gasteiger partial charge in [-0.3, -0.25) is 4.79 Å². The van der Waals surface area contributed by atoms with Crippen LogP contribution in [0.5, 0.6) is 0 Å². The third kappa shape index (κ3) is 5.48. The van der Waals surface area contributed by atoms with E-state index < -0.39 is 0 Å². The number of nitrogens with zero attached hydrogens (tertiary/aromatic N) is 2. The molecule has 0 fully saturated rings. The molecule has 1 amide bonds. The molecule has 1 aromatic heterocycles. The summed E-state index contributed by atoms with van der Waals surface area (Å²) in [5.41, 5.74) is 1.14. The third-order valence-electron chi connectivity index (χ3n) is 3.12. The molecule has 0 aliphatic heterocycles. The van der Waals surface area contributed by atoms with Crippen LogP contribution in [0.3, 0.4) is 0 Å². The SMILES string of the molecule is CC(C)C[C@@H](NC(=O)CSc1ncccn1)c1ccccc1. The molecule has 0 aliphatic rings. The molecule has 0 aliphatic carbocycles. The van der Waals surface area contributed by atoms with Crippen molar-refractivity contribution in [2.45, 2.75) is 31.5 Å². The van der Waals surface area contributed by atoms with Crippen LogP contribution < -0.4 is 5.32 Å². The molecule has 4 nitrogen and oxygen atoms in total. The minimum atomic E-state index is 0.00644. The van der Waals surface area contributed by atoms with Crippen LogP contribution >= 0.6 is 11.8 Å². The summed E-state index contributed by atoms with van der Waals surface area (Å²) >= 11 is 1.35. The van der Waals surface area contributed by atoms with E-state index in [9.17, 15) is 4.79 Å². The minimum Gasteiger partial charge on any atom is -0.349 e. The molecule has 1 N–H and O–H groups in total. The number of carbonyl (C=O) groups excluding carboxylic acids is 1. The van der Waals surface area contributed by atoms with Gasteiger partial charge in [-0.25, -0.2) is 9.97 Å². The van der Waals surface area contributed by atoms with Crippen LogP contribution in [0.15, 0.2) is 53.9 Å². The number of rotatable bonds is 7. The Hall–Kier alpha value is -1.88. The van der Waals surface area contributed by atoms with Crippen molar-refractivity contribution in [1.29, 1.82) is 0 Å². The number of amides is 1. The quantitative estimate of drug-likeness (QED) is 0.628. The number of aromatic nitrogens is 2. The summed E-state index contributed by atoms with van der Waals surface area (Å²) in [6.07, 6.45) is 4.28. The second-order valence-corrected chi connectivity index (χ2v) is 6.42. The molecule has 5 heteroatoms. The molecular weight excluding hydrogens is 294 g/mol. The molecule has 1 aromatic carbocycles. The Morgan fingerprint density at radius 1 is 1.14 bits per heavy atom. The van der Waals surface area contributed by atoms with E-state index in [0.717, 1.165) is 12.0 Å². The first-order chi connectivity index (χ1) is 10.6. The predicted molar refractivity (Wildman–Crippen MR) is 89.5 cm³/mol. The van der Waals surface area contributed by atoms with Gasteiger partial charge in [0.15, 0.2) is 5.16 Å². The maximum atomic E-state index is 12.2. The van der Waals surface area contributed by atoms with Crippen molar-refractivity contribution in [3.63, 3.8) is 0 Å². The zero-order valence-electron chi connectivity index (χ0n) is 12.9. The number of hydrogen-bond donors (Lipinski definition) is 1. The molecule has 0 saturated carbocycles. The van der Waals surface area contributed by atoms with Crippen molar-refractivity contribution in [1.82, 2.24) is 15.3 Å². The maximum absolute atomic E-state index is 12.2. The highest BCUT2D eigenvalue weighted by Crippen LogP contribution is 2.21. The van der Waals surface area contributed by atoms with Gasteiger partial charge in [0, 0.05) is 12.4 Å².